The van der Waals surface area contributed by atoms with Crippen molar-refractivity contribution >= 4 is 11.9 Å². The van der Waals surface area contributed by atoms with Crippen LogP contribution in [0.4, 0.5) is 13.2 Å². The first-order valence-corrected chi connectivity index (χ1v) is 10.7. The molecule has 2 heterocycles. The lowest BCUT2D eigenvalue weighted by Crippen LogP contribution is -2.48. The average molecular weight is 467 g/mol. The largest absolute Gasteiger partial charge is 0.490 e. The first kappa shape index (κ1) is 26.3. The number of pyridine rings is 1. The maximum absolute atomic E-state index is 12.5. The van der Waals surface area contributed by atoms with Crippen molar-refractivity contribution in [3.8, 4) is 0 Å². The monoisotopic (exact) mass is 466 g/mol. The summed E-state index contributed by atoms with van der Waals surface area (Å²) in [6.07, 6.45) is 0.499. The number of aromatic nitrogens is 1. The predicted octanol–water partition coefficient (Wildman–Crippen LogP) is 4.35. The number of halogens is 3. The van der Waals surface area contributed by atoms with Gasteiger partial charge in [0.05, 0.1) is 12.7 Å². The van der Waals surface area contributed by atoms with E-state index in [1.54, 1.807) is 12.4 Å². The lowest BCUT2D eigenvalue weighted by Gasteiger charge is -2.39. The zero-order valence-corrected chi connectivity index (χ0v) is 18.7. The lowest BCUT2D eigenvalue weighted by molar-refractivity contribution is -0.192. The van der Waals surface area contributed by atoms with Crippen molar-refractivity contribution in [1.82, 2.24) is 9.88 Å². The van der Waals surface area contributed by atoms with Crippen molar-refractivity contribution < 1.29 is 32.6 Å². The van der Waals surface area contributed by atoms with Crippen molar-refractivity contribution in [1.29, 1.82) is 0 Å². The zero-order chi connectivity index (χ0) is 24.4. The Bertz CT molecular complexity index is 876. The molecule has 1 N–H and O–H groups in total. The highest BCUT2D eigenvalue weighted by molar-refractivity contribution is 5.78. The summed E-state index contributed by atoms with van der Waals surface area (Å²) >= 11 is 0. The summed E-state index contributed by atoms with van der Waals surface area (Å²) in [4.78, 5) is 27.4. The Morgan fingerprint density at radius 3 is 2.27 bits per heavy atom. The molecule has 1 aromatic carbocycles. The van der Waals surface area contributed by atoms with Gasteiger partial charge in [0, 0.05) is 37.3 Å². The first-order chi connectivity index (χ1) is 15.6. The van der Waals surface area contributed by atoms with Crippen molar-refractivity contribution in [2.24, 2.45) is 11.8 Å². The van der Waals surface area contributed by atoms with E-state index in [1.165, 1.54) is 5.56 Å². The van der Waals surface area contributed by atoms with Crippen molar-refractivity contribution in [3.05, 3.63) is 66.0 Å². The predicted molar refractivity (Wildman–Crippen MR) is 116 cm³/mol. The Labute approximate surface area is 191 Å². The van der Waals surface area contributed by atoms with E-state index in [0.29, 0.717) is 12.5 Å². The van der Waals surface area contributed by atoms with Gasteiger partial charge in [-0.05, 0) is 36.1 Å². The Morgan fingerprint density at radius 2 is 1.73 bits per heavy atom. The van der Waals surface area contributed by atoms with Gasteiger partial charge in [-0.1, -0.05) is 44.2 Å². The fourth-order valence-electron chi connectivity index (χ4n) is 3.59. The smallest absolute Gasteiger partial charge is 0.475 e. The van der Waals surface area contributed by atoms with Crippen molar-refractivity contribution in [3.63, 3.8) is 0 Å². The Hall–Kier alpha value is -2.94. The highest BCUT2D eigenvalue weighted by Crippen LogP contribution is 2.26. The summed E-state index contributed by atoms with van der Waals surface area (Å²) in [5.41, 5.74) is 2.44. The van der Waals surface area contributed by atoms with Crippen molar-refractivity contribution in [2.75, 3.05) is 13.1 Å². The fraction of sp³-hybridized carbons (Fsp3) is 0.458. The molecule has 1 fully saturated rings. The molecule has 0 bridgehead atoms. The third-order valence-corrected chi connectivity index (χ3v) is 5.27. The number of likely N-dealkylation sites (tertiary alicyclic amines) is 1. The molecule has 1 amide bonds. The van der Waals surface area contributed by atoms with Crippen LogP contribution in [0.25, 0.3) is 0 Å². The molecule has 0 saturated carbocycles. The second kappa shape index (κ2) is 12.3. The number of rotatable bonds is 6. The minimum Gasteiger partial charge on any atom is -0.475 e. The molecular weight excluding hydrogens is 437 g/mol. The van der Waals surface area contributed by atoms with Crippen LogP contribution in [0, 0.1) is 11.8 Å². The summed E-state index contributed by atoms with van der Waals surface area (Å²) in [7, 11) is 0. The van der Waals surface area contributed by atoms with E-state index in [0.717, 1.165) is 31.5 Å². The summed E-state index contributed by atoms with van der Waals surface area (Å²) in [6.45, 7) is 6.09. The van der Waals surface area contributed by atoms with Crippen LogP contribution >= 0.6 is 0 Å². The Morgan fingerprint density at radius 1 is 1.12 bits per heavy atom. The standard InChI is InChI=1S/C22H28N2O2.C2HF3O2/c1-17(2)22(25)24-13-10-21(26-16-19-8-11-23-12-9-19)20(15-24)14-18-6-4-3-5-7-18;3-2(4,5)1(6)7/h3-9,11-12,17,20-21H,10,13-16H2,1-2H3;(H,6,7)/t20-,21+;/m0./s1. The van der Waals surface area contributed by atoms with Crippen molar-refractivity contribution in [2.45, 2.75) is 45.6 Å². The van der Waals surface area contributed by atoms with Crippen LogP contribution in [0.5, 0.6) is 0 Å². The molecule has 0 aliphatic carbocycles. The zero-order valence-electron chi connectivity index (χ0n) is 18.7. The number of hydrogen-bond donors (Lipinski definition) is 1. The van der Waals surface area contributed by atoms with Gasteiger partial charge in [0.1, 0.15) is 0 Å². The van der Waals surface area contributed by atoms with E-state index >= 15 is 0 Å². The van der Waals surface area contributed by atoms with Gasteiger partial charge in [0.2, 0.25) is 5.91 Å². The number of hydrogen-bond acceptors (Lipinski definition) is 4. The quantitative estimate of drug-likeness (QED) is 0.685. The first-order valence-electron chi connectivity index (χ1n) is 10.7. The number of aliphatic carboxylic acids is 1. The highest BCUT2D eigenvalue weighted by Gasteiger charge is 2.38. The van der Waals surface area contributed by atoms with E-state index in [2.05, 4.69) is 29.2 Å². The number of nitrogens with zero attached hydrogens (tertiary/aromatic N) is 2. The van der Waals surface area contributed by atoms with E-state index in [4.69, 9.17) is 14.6 Å². The average Bonchev–Trinajstić information content (AvgIpc) is 2.79. The molecule has 6 nitrogen and oxygen atoms in total. The van der Waals surface area contributed by atoms with Crippen LogP contribution in [-0.4, -0.2) is 52.2 Å². The second-order valence-corrected chi connectivity index (χ2v) is 8.19. The van der Waals surface area contributed by atoms with E-state index < -0.39 is 12.1 Å². The van der Waals surface area contributed by atoms with Crippen LogP contribution in [0.15, 0.2) is 54.9 Å². The van der Waals surface area contributed by atoms with E-state index in [9.17, 15) is 18.0 Å². The van der Waals surface area contributed by atoms with Gasteiger partial charge < -0.3 is 14.7 Å². The van der Waals surface area contributed by atoms with Crippen LogP contribution in [0.1, 0.15) is 31.4 Å². The maximum Gasteiger partial charge on any atom is 0.490 e. The van der Waals surface area contributed by atoms with Gasteiger partial charge in [-0.15, -0.1) is 0 Å². The molecule has 1 aromatic heterocycles. The van der Waals surface area contributed by atoms with Crippen LogP contribution < -0.4 is 0 Å². The summed E-state index contributed by atoms with van der Waals surface area (Å²) in [6, 6.07) is 14.5. The minimum atomic E-state index is -5.08. The third kappa shape index (κ3) is 8.84. The van der Waals surface area contributed by atoms with Crippen LogP contribution in [0.2, 0.25) is 0 Å². The number of amides is 1. The molecule has 0 radical (unpaired) electrons. The van der Waals surface area contributed by atoms with Gasteiger partial charge in [0.25, 0.3) is 0 Å². The molecule has 0 unspecified atom stereocenters. The van der Waals surface area contributed by atoms with Crippen LogP contribution in [0.3, 0.4) is 0 Å². The molecule has 1 saturated heterocycles. The topological polar surface area (TPSA) is 79.7 Å². The number of benzene rings is 1. The van der Waals surface area contributed by atoms with Gasteiger partial charge >= 0.3 is 12.1 Å². The number of carboxylic acid groups (broad SMARTS) is 1. The minimum absolute atomic E-state index is 0.0432. The van der Waals surface area contributed by atoms with Crippen LogP contribution in [-0.2, 0) is 27.4 Å². The molecule has 0 spiro atoms. The van der Waals surface area contributed by atoms with Gasteiger partial charge in [0.15, 0.2) is 0 Å². The Balaban J connectivity index is 0.000000479. The Kier molecular flexibility index (Phi) is 9.84. The molecule has 1 aliphatic heterocycles. The normalized spacial score (nSPS) is 18.4. The van der Waals surface area contributed by atoms with Gasteiger partial charge in [-0.3, -0.25) is 9.78 Å². The third-order valence-electron chi connectivity index (χ3n) is 5.27. The fourth-order valence-corrected chi connectivity index (χ4v) is 3.59. The van der Waals surface area contributed by atoms with E-state index in [1.807, 2.05) is 36.9 Å². The molecule has 2 atom stereocenters. The van der Waals surface area contributed by atoms with Gasteiger partial charge in [-0.2, -0.15) is 13.2 Å². The number of alkyl halides is 3. The molecule has 9 heteroatoms. The number of ether oxygens (including phenoxy) is 1. The summed E-state index contributed by atoms with van der Waals surface area (Å²) in [5, 5.41) is 7.12. The molecule has 3 rings (SSSR count). The molecule has 2 aromatic rings. The number of carbonyl (C=O) groups excluding carboxylic acids is 1. The molecular formula is C24H29F3N2O4. The molecule has 180 valence electrons. The molecule has 33 heavy (non-hydrogen) atoms. The number of piperidine rings is 1. The number of carbonyl (C=O) groups is 2. The second-order valence-electron chi connectivity index (χ2n) is 8.19. The van der Waals surface area contributed by atoms with E-state index in [-0.39, 0.29) is 17.9 Å². The number of carboxylic acids is 1. The SMILES string of the molecule is CC(C)C(=O)N1CC[C@@H](OCc2ccncc2)[C@@H](Cc2ccccc2)C1.O=C(O)C(F)(F)F. The summed E-state index contributed by atoms with van der Waals surface area (Å²) < 4.78 is 38.0. The maximum atomic E-state index is 12.5. The lowest BCUT2D eigenvalue weighted by atomic mass is 9.88. The highest BCUT2D eigenvalue weighted by atomic mass is 19.4. The summed E-state index contributed by atoms with van der Waals surface area (Å²) in [5.74, 6) is -2.15. The van der Waals surface area contributed by atoms with Gasteiger partial charge in [-0.25, -0.2) is 4.79 Å². The molecule has 1 aliphatic rings.